The molecule has 0 saturated heterocycles. The molecule has 4 atom stereocenters. The minimum atomic E-state index is -0.342. The molecule has 15 heavy (non-hydrogen) atoms. The summed E-state index contributed by atoms with van der Waals surface area (Å²) in [6, 6.07) is 0.0218. The van der Waals surface area contributed by atoms with E-state index in [-0.39, 0.29) is 17.9 Å². The highest BCUT2D eigenvalue weighted by Gasteiger charge is 2.26. The molecule has 0 heterocycles. The average molecular weight is 212 g/mol. The van der Waals surface area contributed by atoms with Gasteiger partial charge in [0.1, 0.15) is 0 Å². The number of carbonyl (C=O) groups is 1. The molecule has 1 amide bonds. The molecule has 0 spiro atoms. The molecule has 88 valence electrons. The Kier molecular flexibility index (Phi) is 4.58. The molecule has 3 heteroatoms. The summed E-state index contributed by atoms with van der Waals surface area (Å²) in [4.78, 5) is 11.8. The predicted octanol–water partition coefficient (Wildman–Crippen LogP) is 1.66. The molecule has 3 unspecified atom stereocenters. The smallest absolute Gasteiger partial charge is 0.237 e. The van der Waals surface area contributed by atoms with Gasteiger partial charge in [0.25, 0.3) is 0 Å². The quantitative estimate of drug-likeness (QED) is 0.744. The van der Waals surface area contributed by atoms with Gasteiger partial charge >= 0.3 is 0 Å². The molecular formula is C12H24N2O. The van der Waals surface area contributed by atoms with E-state index in [4.69, 9.17) is 5.73 Å². The van der Waals surface area contributed by atoms with Crippen molar-refractivity contribution in [3.05, 3.63) is 0 Å². The lowest BCUT2D eigenvalue weighted by molar-refractivity contribution is -0.124. The summed E-state index contributed by atoms with van der Waals surface area (Å²) in [5, 5.41) is 3.06. The van der Waals surface area contributed by atoms with E-state index in [0.717, 1.165) is 25.2 Å². The third-order valence-corrected chi connectivity index (χ3v) is 3.60. The van der Waals surface area contributed by atoms with Gasteiger partial charge in [-0.2, -0.15) is 0 Å². The van der Waals surface area contributed by atoms with Crippen molar-refractivity contribution < 1.29 is 4.79 Å². The van der Waals surface area contributed by atoms with Crippen LogP contribution in [0.3, 0.4) is 0 Å². The van der Waals surface area contributed by atoms with Crippen LogP contribution in [0.1, 0.15) is 46.5 Å². The largest absolute Gasteiger partial charge is 0.352 e. The molecule has 0 aromatic heterocycles. The van der Waals surface area contributed by atoms with E-state index in [0.29, 0.717) is 6.04 Å². The van der Waals surface area contributed by atoms with E-state index in [9.17, 15) is 4.79 Å². The Hall–Kier alpha value is -0.570. The van der Waals surface area contributed by atoms with Crippen molar-refractivity contribution in [2.75, 3.05) is 0 Å². The predicted molar refractivity (Wildman–Crippen MR) is 62.4 cm³/mol. The highest BCUT2D eigenvalue weighted by Crippen LogP contribution is 2.24. The zero-order valence-corrected chi connectivity index (χ0v) is 10.1. The molecule has 0 radical (unpaired) electrons. The average Bonchev–Trinajstić information content (AvgIpc) is 2.61. The van der Waals surface area contributed by atoms with Crippen molar-refractivity contribution in [1.29, 1.82) is 0 Å². The first-order valence-electron chi connectivity index (χ1n) is 6.10. The van der Waals surface area contributed by atoms with Crippen LogP contribution >= 0.6 is 0 Å². The molecule has 1 aliphatic rings. The highest BCUT2D eigenvalue weighted by molar-refractivity contribution is 5.82. The monoisotopic (exact) mass is 212 g/mol. The fourth-order valence-electron chi connectivity index (χ4n) is 2.15. The van der Waals surface area contributed by atoms with E-state index in [1.807, 2.05) is 6.92 Å². The van der Waals surface area contributed by atoms with Crippen molar-refractivity contribution in [2.24, 2.45) is 17.6 Å². The van der Waals surface area contributed by atoms with Crippen LogP contribution in [-0.2, 0) is 4.79 Å². The molecule has 1 rings (SSSR count). The van der Waals surface area contributed by atoms with E-state index in [1.165, 1.54) is 6.42 Å². The molecular weight excluding hydrogens is 188 g/mol. The standard InChI is InChI=1S/C12H24N2O/c1-4-9(3)11(13)12(15)14-10-6-5-8(2)7-10/h8-11H,4-7,13H2,1-3H3,(H,14,15)/t8?,9?,10?,11-/m0/s1. The third kappa shape index (κ3) is 3.49. The Balaban J connectivity index is 2.35. The number of amides is 1. The van der Waals surface area contributed by atoms with E-state index < -0.39 is 0 Å². The van der Waals surface area contributed by atoms with Crippen LogP contribution in [0.2, 0.25) is 0 Å². The maximum absolute atomic E-state index is 11.8. The first-order chi connectivity index (χ1) is 7.04. The second-order valence-corrected chi connectivity index (χ2v) is 5.04. The fraction of sp³-hybridized carbons (Fsp3) is 0.917. The Morgan fingerprint density at radius 3 is 2.67 bits per heavy atom. The van der Waals surface area contributed by atoms with E-state index >= 15 is 0 Å². The highest BCUT2D eigenvalue weighted by atomic mass is 16.2. The summed E-state index contributed by atoms with van der Waals surface area (Å²) in [5.41, 5.74) is 5.87. The summed E-state index contributed by atoms with van der Waals surface area (Å²) >= 11 is 0. The normalized spacial score (nSPS) is 29.9. The van der Waals surface area contributed by atoms with Gasteiger partial charge in [-0.05, 0) is 31.1 Å². The molecule has 0 bridgehead atoms. The Morgan fingerprint density at radius 1 is 1.53 bits per heavy atom. The lowest BCUT2D eigenvalue weighted by Crippen LogP contribution is -2.47. The lowest BCUT2D eigenvalue weighted by atomic mass is 9.99. The third-order valence-electron chi connectivity index (χ3n) is 3.60. The summed E-state index contributed by atoms with van der Waals surface area (Å²) in [6.45, 7) is 6.33. The van der Waals surface area contributed by atoms with Crippen molar-refractivity contribution in [1.82, 2.24) is 5.32 Å². The van der Waals surface area contributed by atoms with Gasteiger partial charge in [0.05, 0.1) is 6.04 Å². The van der Waals surface area contributed by atoms with Crippen molar-refractivity contribution in [2.45, 2.75) is 58.5 Å². The minimum absolute atomic E-state index is 0.0310. The van der Waals surface area contributed by atoms with Gasteiger partial charge in [0.15, 0.2) is 0 Å². The maximum Gasteiger partial charge on any atom is 0.237 e. The SMILES string of the molecule is CCC(C)[C@H](N)C(=O)NC1CCC(C)C1. The van der Waals surface area contributed by atoms with E-state index in [2.05, 4.69) is 19.2 Å². The van der Waals surface area contributed by atoms with Gasteiger partial charge in [-0.3, -0.25) is 4.79 Å². The number of nitrogens with one attached hydrogen (secondary N) is 1. The van der Waals surface area contributed by atoms with Gasteiger partial charge in [-0.15, -0.1) is 0 Å². The van der Waals surface area contributed by atoms with Crippen LogP contribution in [0.15, 0.2) is 0 Å². The molecule has 0 aromatic rings. The maximum atomic E-state index is 11.8. The number of rotatable bonds is 4. The number of nitrogens with two attached hydrogens (primary N) is 1. The van der Waals surface area contributed by atoms with Crippen LogP contribution < -0.4 is 11.1 Å². The van der Waals surface area contributed by atoms with Gasteiger partial charge in [0.2, 0.25) is 5.91 Å². The van der Waals surface area contributed by atoms with E-state index in [1.54, 1.807) is 0 Å². The van der Waals surface area contributed by atoms with Gasteiger partial charge < -0.3 is 11.1 Å². The molecule has 1 fully saturated rings. The fourth-order valence-corrected chi connectivity index (χ4v) is 2.15. The zero-order chi connectivity index (χ0) is 11.4. The molecule has 1 saturated carbocycles. The van der Waals surface area contributed by atoms with Crippen LogP contribution in [0.5, 0.6) is 0 Å². The zero-order valence-electron chi connectivity index (χ0n) is 10.1. The second-order valence-electron chi connectivity index (χ2n) is 5.04. The minimum Gasteiger partial charge on any atom is -0.352 e. The van der Waals surface area contributed by atoms with Gasteiger partial charge in [-0.25, -0.2) is 0 Å². The van der Waals surface area contributed by atoms with Crippen LogP contribution in [0.4, 0.5) is 0 Å². The molecule has 3 nitrogen and oxygen atoms in total. The van der Waals surface area contributed by atoms with Crippen molar-refractivity contribution >= 4 is 5.91 Å². The van der Waals surface area contributed by atoms with Crippen LogP contribution in [-0.4, -0.2) is 18.0 Å². The number of hydrogen-bond acceptors (Lipinski definition) is 2. The number of hydrogen-bond donors (Lipinski definition) is 2. The molecule has 3 N–H and O–H groups in total. The molecule has 0 aliphatic heterocycles. The summed E-state index contributed by atoms with van der Waals surface area (Å²) < 4.78 is 0. The first kappa shape index (κ1) is 12.5. The summed E-state index contributed by atoms with van der Waals surface area (Å²) in [7, 11) is 0. The van der Waals surface area contributed by atoms with Crippen LogP contribution in [0.25, 0.3) is 0 Å². The first-order valence-corrected chi connectivity index (χ1v) is 6.10. The summed E-state index contributed by atoms with van der Waals surface area (Å²) in [5.74, 6) is 1.04. The topological polar surface area (TPSA) is 55.1 Å². The Labute approximate surface area is 92.8 Å². The molecule has 1 aliphatic carbocycles. The Bertz CT molecular complexity index is 218. The van der Waals surface area contributed by atoms with Crippen molar-refractivity contribution in [3.63, 3.8) is 0 Å². The van der Waals surface area contributed by atoms with Crippen molar-refractivity contribution in [3.8, 4) is 0 Å². The van der Waals surface area contributed by atoms with Gasteiger partial charge in [-0.1, -0.05) is 27.2 Å². The summed E-state index contributed by atoms with van der Waals surface area (Å²) in [6.07, 6.45) is 4.40. The lowest BCUT2D eigenvalue weighted by Gasteiger charge is -2.20. The number of carbonyl (C=O) groups excluding carboxylic acids is 1. The second kappa shape index (κ2) is 5.50. The Morgan fingerprint density at radius 2 is 2.20 bits per heavy atom. The van der Waals surface area contributed by atoms with Gasteiger partial charge in [0, 0.05) is 6.04 Å². The molecule has 0 aromatic carbocycles. The van der Waals surface area contributed by atoms with Crippen LogP contribution in [0, 0.1) is 11.8 Å².